The van der Waals surface area contributed by atoms with Gasteiger partial charge in [-0.3, -0.25) is 0 Å². The molecular weight excluding hydrogens is 383 g/mol. The lowest BCUT2D eigenvalue weighted by atomic mass is 9.97. The Bertz CT molecular complexity index is 1060. The van der Waals surface area contributed by atoms with Crippen LogP contribution in [0.1, 0.15) is 29.5 Å². The lowest BCUT2D eigenvalue weighted by Crippen LogP contribution is -2.16. The highest BCUT2D eigenvalue weighted by Crippen LogP contribution is 2.38. The van der Waals surface area contributed by atoms with Crippen LogP contribution in [0.25, 0.3) is 10.6 Å². The fraction of sp³-hybridized carbons (Fsp3) is 0.250. The van der Waals surface area contributed by atoms with Crippen molar-refractivity contribution >= 4 is 26.9 Å². The second-order valence-electron chi connectivity index (χ2n) is 6.72. The maximum absolute atomic E-state index is 13.2. The minimum absolute atomic E-state index is 0.0864. The van der Waals surface area contributed by atoms with Crippen molar-refractivity contribution in [3.63, 3.8) is 0 Å². The molecule has 0 saturated carbocycles. The van der Waals surface area contributed by atoms with E-state index in [1.807, 2.05) is 0 Å². The predicted molar refractivity (Wildman–Crippen MR) is 106 cm³/mol. The first-order valence-electron chi connectivity index (χ1n) is 8.72. The molecule has 0 saturated heterocycles. The topological polar surface area (TPSA) is 59.1 Å². The second kappa shape index (κ2) is 7.05. The van der Waals surface area contributed by atoms with Crippen LogP contribution in [0.3, 0.4) is 0 Å². The molecule has 1 atom stereocenters. The summed E-state index contributed by atoms with van der Waals surface area (Å²) >= 11 is 1.66. The Kier molecular flexibility index (Phi) is 4.74. The third-order valence-electron chi connectivity index (χ3n) is 4.67. The van der Waals surface area contributed by atoms with Gasteiger partial charge in [0.25, 0.3) is 0 Å². The summed E-state index contributed by atoms with van der Waals surface area (Å²) in [5.41, 5.74) is 2.83. The molecule has 0 spiro atoms. The molecule has 1 aliphatic carbocycles. The van der Waals surface area contributed by atoms with Crippen molar-refractivity contribution in [2.24, 2.45) is 0 Å². The summed E-state index contributed by atoms with van der Waals surface area (Å²) in [5.74, 6) is -0.253. The molecule has 3 aromatic rings. The number of fused-ring (bicyclic) bond motifs is 1. The molecule has 0 fully saturated rings. The van der Waals surface area contributed by atoms with E-state index >= 15 is 0 Å². The van der Waals surface area contributed by atoms with Crippen LogP contribution < -0.4 is 5.32 Å². The molecular formula is C20H19FN2O2S2. The van der Waals surface area contributed by atoms with Crippen LogP contribution in [0.2, 0.25) is 0 Å². The van der Waals surface area contributed by atoms with E-state index in [0.717, 1.165) is 41.2 Å². The number of sulfone groups is 1. The van der Waals surface area contributed by atoms with Crippen molar-refractivity contribution in [2.45, 2.75) is 30.2 Å². The van der Waals surface area contributed by atoms with Gasteiger partial charge in [0.1, 0.15) is 10.8 Å². The normalized spacial score (nSPS) is 16.7. The fourth-order valence-electron chi connectivity index (χ4n) is 3.27. The summed E-state index contributed by atoms with van der Waals surface area (Å²) in [6.45, 7) is 0. The highest BCUT2D eigenvalue weighted by molar-refractivity contribution is 7.90. The molecule has 0 bridgehead atoms. The minimum Gasteiger partial charge on any atom is -0.377 e. The molecule has 1 aromatic heterocycles. The summed E-state index contributed by atoms with van der Waals surface area (Å²) in [6.07, 6.45) is 4.24. The number of thiazole rings is 1. The van der Waals surface area contributed by atoms with Gasteiger partial charge >= 0.3 is 0 Å². The number of rotatable bonds is 4. The van der Waals surface area contributed by atoms with Crippen LogP contribution in [-0.2, 0) is 16.3 Å². The first-order chi connectivity index (χ1) is 12.9. The maximum Gasteiger partial charge on any atom is 0.175 e. The van der Waals surface area contributed by atoms with Crippen LogP contribution in [0.15, 0.2) is 53.4 Å². The van der Waals surface area contributed by atoms with Crippen molar-refractivity contribution in [3.05, 3.63) is 64.9 Å². The van der Waals surface area contributed by atoms with Crippen LogP contribution >= 0.6 is 11.3 Å². The van der Waals surface area contributed by atoms with Crippen molar-refractivity contribution < 1.29 is 12.8 Å². The molecule has 1 N–H and O–H groups in total. The quantitative estimate of drug-likeness (QED) is 0.678. The van der Waals surface area contributed by atoms with Gasteiger partial charge in [0, 0.05) is 22.4 Å². The van der Waals surface area contributed by atoms with Crippen molar-refractivity contribution in [1.29, 1.82) is 0 Å². The van der Waals surface area contributed by atoms with E-state index < -0.39 is 9.84 Å². The van der Waals surface area contributed by atoms with Crippen molar-refractivity contribution in [3.8, 4) is 10.6 Å². The molecule has 0 aliphatic heterocycles. The second-order valence-corrected chi connectivity index (χ2v) is 9.82. The van der Waals surface area contributed by atoms with E-state index in [1.165, 1.54) is 23.3 Å². The molecule has 1 unspecified atom stereocenters. The zero-order chi connectivity index (χ0) is 19.0. The molecule has 140 valence electrons. The number of aryl methyl sites for hydroxylation is 1. The van der Waals surface area contributed by atoms with Crippen LogP contribution in [0, 0.1) is 5.82 Å². The molecule has 0 amide bonds. The molecule has 7 heteroatoms. The van der Waals surface area contributed by atoms with E-state index in [0.29, 0.717) is 4.90 Å². The Balaban J connectivity index is 1.59. The number of benzene rings is 2. The van der Waals surface area contributed by atoms with Gasteiger partial charge in [-0.2, -0.15) is 0 Å². The van der Waals surface area contributed by atoms with E-state index in [9.17, 15) is 12.8 Å². The Morgan fingerprint density at radius 2 is 1.81 bits per heavy atom. The van der Waals surface area contributed by atoms with E-state index in [4.69, 9.17) is 4.98 Å². The van der Waals surface area contributed by atoms with Gasteiger partial charge in [0.2, 0.25) is 0 Å². The number of halogens is 1. The Morgan fingerprint density at radius 1 is 1.11 bits per heavy atom. The zero-order valence-corrected chi connectivity index (χ0v) is 16.4. The number of nitrogens with one attached hydrogen (secondary N) is 1. The summed E-state index contributed by atoms with van der Waals surface area (Å²) in [5, 5.41) is 4.38. The number of hydrogen-bond donors (Lipinski definition) is 1. The largest absolute Gasteiger partial charge is 0.377 e. The maximum atomic E-state index is 13.2. The lowest BCUT2D eigenvalue weighted by molar-refractivity contribution is 0.594. The average molecular weight is 403 g/mol. The van der Waals surface area contributed by atoms with Gasteiger partial charge in [-0.1, -0.05) is 0 Å². The monoisotopic (exact) mass is 402 g/mol. The molecule has 27 heavy (non-hydrogen) atoms. The van der Waals surface area contributed by atoms with Gasteiger partial charge in [0.05, 0.1) is 16.6 Å². The van der Waals surface area contributed by atoms with Crippen LogP contribution in [0.5, 0.6) is 0 Å². The summed E-state index contributed by atoms with van der Waals surface area (Å²) in [4.78, 5) is 6.39. The first kappa shape index (κ1) is 18.1. The molecule has 1 aliphatic rings. The lowest BCUT2D eigenvalue weighted by Gasteiger charge is -2.23. The average Bonchev–Trinajstić information content (AvgIpc) is 3.07. The molecule has 1 heterocycles. The van der Waals surface area contributed by atoms with Crippen LogP contribution in [0.4, 0.5) is 10.1 Å². The van der Waals surface area contributed by atoms with Crippen molar-refractivity contribution in [2.75, 3.05) is 11.6 Å². The molecule has 0 radical (unpaired) electrons. The molecule has 4 nitrogen and oxygen atoms in total. The van der Waals surface area contributed by atoms with Gasteiger partial charge in [-0.15, -0.1) is 11.3 Å². The Hall–Kier alpha value is -2.25. The predicted octanol–water partition coefficient (Wildman–Crippen LogP) is 4.84. The van der Waals surface area contributed by atoms with E-state index in [1.54, 1.807) is 47.7 Å². The Morgan fingerprint density at radius 3 is 2.48 bits per heavy atom. The standard InChI is InChI=1S/C20H19FN2O2S2/c1-27(24,25)16-11-9-15(10-12-16)22-17-3-2-4-18-19(17)23-20(26-18)13-5-7-14(21)8-6-13/h5-12,17,22H,2-4H2,1H3. The molecule has 2 aromatic carbocycles. The zero-order valence-electron chi connectivity index (χ0n) is 14.8. The summed E-state index contributed by atoms with van der Waals surface area (Å²) in [6, 6.07) is 13.3. The van der Waals surface area contributed by atoms with Crippen molar-refractivity contribution in [1.82, 2.24) is 4.98 Å². The number of nitrogens with zero attached hydrogens (tertiary/aromatic N) is 1. The van der Waals surface area contributed by atoms with Gasteiger partial charge in [0.15, 0.2) is 9.84 Å². The minimum atomic E-state index is -3.20. The smallest absolute Gasteiger partial charge is 0.175 e. The molecule has 4 rings (SSSR count). The highest BCUT2D eigenvalue weighted by Gasteiger charge is 2.25. The van der Waals surface area contributed by atoms with Gasteiger partial charge in [-0.05, 0) is 67.8 Å². The van der Waals surface area contributed by atoms with Gasteiger partial charge in [-0.25, -0.2) is 17.8 Å². The van der Waals surface area contributed by atoms with Gasteiger partial charge < -0.3 is 5.32 Å². The highest BCUT2D eigenvalue weighted by atomic mass is 32.2. The number of aromatic nitrogens is 1. The van der Waals surface area contributed by atoms with Crippen LogP contribution in [-0.4, -0.2) is 19.7 Å². The summed E-state index contributed by atoms with van der Waals surface area (Å²) < 4.78 is 36.4. The first-order valence-corrected chi connectivity index (χ1v) is 11.4. The third-order valence-corrected chi connectivity index (χ3v) is 6.98. The van der Waals surface area contributed by atoms with E-state index in [2.05, 4.69) is 5.32 Å². The third kappa shape index (κ3) is 3.89. The Labute approximate surface area is 162 Å². The fourth-order valence-corrected chi connectivity index (χ4v) is 5.08. The summed E-state index contributed by atoms with van der Waals surface area (Å²) in [7, 11) is -3.20. The number of anilines is 1. The number of hydrogen-bond acceptors (Lipinski definition) is 5. The van der Waals surface area contributed by atoms with E-state index in [-0.39, 0.29) is 11.9 Å². The SMILES string of the molecule is CS(=O)(=O)c1ccc(NC2CCCc3sc(-c4ccc(F)cc4)nc32)cc1.